The van der Waals surface area contributed by atoms with Gasteiger partial charge in [0.1, 0.15) is 18.3 Å². The van der Waals surface area contributed by atoms with Crippen LogP contribution in [0, 0.1) is 5.92 Å². The number of hydrogen-bond acceptors (Lipinski definition) is 7. The molecule has 6 unspecified atom stereocenters. The lowest BCUT2D eigenvalue weighted by molar-refractivity contribution is -0.246. The Morgan fingerprint density at radius 2 is 1.83 bits per heavy atom. The molecule has 6 atom stereocenters. The van der Waals surface area contributed by atoms with Gasteiger partial charge in [0.15, 0.2) is 6.29 Å². The zero-order chi connectivity index (χ0) is 22.0. The third-order valence-electron chi connectivity index (χ3n) is 4.80. The van der Waals surface area contributed by atoms with Crippen molar-refractivity contribution < 1.29 is 38.6 Å². The van der Waals surface area contributed by atoms with Crippen LogP contribution in [0.25, 0.3) is 0 Å². The molecular formula is C20H37O8P. The minimum Gasteiger partial charge on any atom is -0.388 e. The number of rotatable bonds is 12. The molecule has 0 amide bonds. The van der Waals surface area contributed by atoms with E-state index in [0.29, 0.717) is 12.3 Å². The first kappa shape index (κ1) is 26.5. The SMILES string of the molecule is CC(C)=CCCC(C)=CCCC(C)CCOP(=O)(O)OC1OCC(O)C(O)C1O. The van der Waals surface area contributed by atoms with Gasteiger partial charge in [-0.3, -0.25) is 9.05 Å². The molecule has 1 fully saturated rings. The predicted molar refractivity (Wildman–Crippen MR) is 110 cm³/mol. The van der Waals surface area contributed by atoms with Crippen molar-refractivity contribution in [1.82, 2.24) is 0 Å². The number of hydrogen-bond donors (Lipinski definition) is 4. The summed E-state index contributed by atoms with van der Waals surface area (Å²) in [7, 11) is -4.46. The van der Waals surface area contributed by atoms with Crippen LogP contribution in [0.15, 0.2) is 23.3 Å². The molecule has 1 aliphatic heterocycles. The molecule has 4 N–H and O–H groups in total. The summed E-state index contributed by atoms with van der Waals surface area (Å²) in [6.45, 7) is 8.07. The Morgan fingerprint density at radius 1 is 1.14 bits per heavy atom. The maximum Gasteiger partial charge on any atom is 0.474 e. The van der Waals surface area contributed by atoms with Crippen LogP contribution in [0.3, 0.4) is 0 Å². The van der Waals surface area contributed by atoms with Crippen LogP contribution in [-0.2, 0) is 18.3 Å². The van der Waals surface area contributed by atoms with Crippen LogP contribution >= 0.6 is 7.82 Å². The number of aliphatic hydroxyl groups excluding tert-OH is 3. The van der Waals surface area contributed by atoms with Crippen LogP contribution in [0.5, 0.6) is 0 Å². The lowest BCUT2D eigenvalue weighted by Gasteiger charge is -2.35. The second kappa shape index (κ2) is 13.0. The Morgan fingerprint density at radius 3 is 2.48 bits per heavy atom. The molecule has 29 heavy (non-hydrogen) atoms. The van der Waals surface area contributed by atoms with Crippen molar-refractivity contribution >= 4 is 7.82 Å². The van der Waals surface area contributed by atoms with Gasteiger partial charge in [-0.2, -0.15) is 0 Å². The third-order valence-corrected chi connectivity index (χ3v) is 5.78. The van der Waals surface area contributed by atoms with Crippen molar-refractivity contribution in [3.63, 3.8) is 0 Å². The van der Waals surface area contributed by atoms with Gasteiger partial charge in [-0.25, -0.2) is 4.57 Å². The van der Waals surface area contributed by atoms with Crippen molar-refractivity contribution in [3.8, 4) is 0 Å². The minimum absolute atomic E-state index is 0.0200. The van der Waals surface area contributed by atoms with Gasteiger partial charge in [0.2, 0.25) is 0 Å². The Labute approximate surface area is 173 Å². The van der Waals surface area contributed by atoms with E-state index in [1.807, 2.05) is 6.92 Å². The van der Waals surface area contributed by atoms with Gasteiger partial charge in [0, 0.05) is 0 Å². The first-order valence-electron chi connectivity index (χ1n) is 10.1. The highest BCUT2D eigenvalue weighted by molar-refractivity contribution is 7.47. The van der Waals surface area contributed by atoms with Crippen LogP contribution in [0.1, 0.15) is 59.8 Å². The summed E-state index contributed by atoms with van der Waals surface area (Å²) in [6.07, 6.45) is 3.03. The van der Waals surface area contributed by atoms with Crippen LogP contribution < -0.4 is 0 Å². The molecule has 0 aromatic rings. The van der Waals surface area contributed by atoms with Crippen molar-refractivity contribution in [2.75, 3.05) is 13.2 Å². The van der Waals surface area contributed by atoms with Gasteiger partial charge < -0.3 is 24.9 Å². The fourth-order valence-corrected chi connectivity index (χ4v) is 3.70. The summed E-state index contributed by atoms with van der Waals surface area (Å²) < 4.78 is 26.7. The topological polar surface area (TPSA) is 126 Å². The zero-order valence-electron chi connectivity index (χ0n) is 17.9. The quantitative estimate of drug-likeness (QED) is 0.272. The first-order chi connectivity index (χ1) is 13.5. The molecule has 0 radical (unpaired) electrons. The maximum atomic E-state index is 12.0. The molecular weight excluding hydrogens is 399 g/mol. The summed E-state index contributed by atoms with van der Waals surface area (Å²) >= 11 is 0. The number of ether oxygens (including phenoxy) is 1. The van der Waals surface area contributed by atoms with Gasteiger partial charge in [-0.1, -0.05) is 30.2 Å². The number of phosphoric acid groups is 1. The summed E-state index contributed by atoms with van der Waals surface area (Å²) in [5, 5.41) is 28.7. The fraction of sp³-hybridized carbons (Fsp3) is 0.800. The van der Waals surface area contributed by atoms with E-state index in [-0.39, 0.29) is 13.2 Å². The molecule has 1 heterocycles. The zero-order valence-corrected chi connectivity index (χ0v) is 18.8. The van der Waals surface area contributed by atoms with Gasteiger partial charge in [-0.15, -0.1) is 0 Å². The lowest BCUT2D eigenvalue weighted by atomic mass is 10.0. The minimum atomic E-state index is -4.46. The van der Waals surface area contributed by atoms with Crippen molar-refractivity contribution in [2.24, 2.45) is 5.92 Å². The normalized spacial score (nSPS) is 28.6. The Balaban J connectivity index is 2.27. The molecule has 170 valence electrons. The van der Waals surface area contributed by atoms with E-state index in [9.17, 15) is 24.8 Å². The van der Waals surface area contributed by atoms with E-state index in [2.05, 4.69) is 32.9 Å². The molecule has 1 saturated heterocycles. The molecule has 8 nitrogen and oxygen atoms in total. The highest BCUT2D eigenvalue weighted by atomic mass is 31.2. The summed E-state index contributed by atoms with van der Waals surface area (Å²) in [5.41, 5.74) is 2.69. The van der Waals surface area contributed by atoms with E-state index in [0.717, 1.165) is 25.7 Å². The second-order valence-electron chi connectivity index (χ2n) is 8.00. The molecule has 0 aliphatic carbocycles. The standard InChI is InChI=1S/C20H37O8P/c1-14(2)7-5-8-15(3)9-6-10-16(4)11-12-27-29(24,25)28-20-19(23)18(22)17(21)13-26-20/h7,9,16-23H,5-6,8,10-13H2,1-4H3,(H,24,25). The van der Waals surface area contributed by atoms with E-state index in [4.69, 9.17) is 13.8 Å². The number of phosphoric ester groups is 1. The fourth-order valence-electron chi connectivity index (χ4n) is 2.85. The predicted octanol–water partition coefficient (Wildman–Crippen LogP) is 3.06. The number of allylic oxidation sites excluding steroid dienone is 4. The Bertz CT molecular complexity index is 587. The molecule has 0 bridgehead atoms. The number of aliphatic hydroxyl groups is 3. The largest absolute Gasteiger partial charge is 0.474 e. The van der Waals surface area contributed by atoms with Crippen LogP contribution in [-0.4, -0.2) is 58.0 Å². The third kappa shape index (κ3) is 10.9. The van der Waals surface area contributed by atoms with E-state index < -0.39 is 32.4 Å². The molecule has 9 heteroatoms. The van der Waals surface area contributed by atoms with Crippen LogP contribution in [0.2, 0.25) is 0 Å². The smallest absolute Gasteiger partial charge is 0.388 e. The molecule has 0 aromatic carbocycles. The molecule has 1 aliphatic rings. The summed E-state index contributed by atoms with van der Waals surface area (Å²) in [6, 6.07) is 0. The highest BCUT2D eigenvalue weighted by Gasteiger charge is 2.42. The van der Waals surface area contributed by atoms with E-state index in [1.165, 1.54) is 11.1 Å². The Kier molecular flexibility index (Phi) is 11.8. The van der Waals surface area contributed by atoms with Gasteiger partial charge >= 0.3 is 7.82 Å². The van der Waals surface area contributed by atoms with Crippen molar-refractivity contribution in [3.05, 3.63) is 23.3 Å². The van der Waals surface area contributed by atoms with Gasteiger partial charge in [0.25, 0.3) is 0 Å². The second-order valence-corrected chi connectivity index (χ2v) is 9.41. The van der Waals surface area contributed by atoms with Crippen LogP contribution in [0.4, 0.5) is 0 Å². The highest BCUT2D eigenvalue weighted by Crippen LogP contribution is 2.46. The molecule has 0 aromatic heterocycles. The lowest BCUT2D eigenvalue weighted by Crippen LogP contribution is -2.53. The van der Waals surface area contributed by atoms with Crippen molar-refractivity contribution in [1.29, 1.82) is 0 Å². The average Bonchev–Trinajstić information content (AvgIpc) is 2.61. The van der Waals surface area contributed by atoms with Crippen molar-refractivity contribution in [2.45, 2.75) is 84.4 Å². The summed E-state index contributed by atoms with van der Waals surface area (Å²) in [5.74, 6) is 0.297. The Hall–Kier alpha value is -0.570. The monoisotopic (exact) mass is 436 g/mol. The average molecular weight is 436 g/mol. The maximum absolute atomic E-state index is 12.0. The first-order valence-corrected chi connectivity index (χ1v) is 11.6. The van der Waals surface area contributed by atoms with E-state index >= 15 is 0 Å². The molecule has 1 rings (SSSR count). The van der Waals surface area contributed by atoms with Gasteiger partial charge in [-0.05, 0) is 58.8 Å². The molecule has 0 saturated carbocycles. The van der Waals surface area contributed by atoms with E-state index in [1.54, 1.807) is 0 Å². The molecule has 0 spiro atoms. The summed E-state index contributed by atoms with van der Waals surface area (Å²) in [4.78, 5) is 9.78. The van der Waals surface area contributed by atoms with Gasteiger partial charge in [0.05, 0.1) is 13.2 Å².